The largest absolute Gasteiger partial charge is 0.378 e. The molecule has 0 aromatic heterocycles. The monoisotopic (exact) mass is 239 g/mol. The molecule has 0 bridgehead atoms. The second kappa shape index (κ2) is 5.58. The third-order valence-electron chi connectivity index (χ3n) is 3.22. The fourth-order valence-electron chi connectivity index (χ4n) is 2.03. The predicted molar refractivity (Wildman–Crippen MR) is 63.3 cm³/mol. The Bertz CT molecular complexity index is 364. The van der Waals surface area contributed by atoms with Crippen molar-refractivity contribution in [2.75, 3.05) is 26.9 Å². The molecule has 3 nitrogen and oxygen atoms in total. The summed E-state index contributed by atoms with van der Waals surface area (Å²) in [6, 6.07) is 6.79. The Labute approximate surface area is 101 Å². The van der Waals surface area contributed by atoms with E-state index in [1.807, 2.05) is 6.07 Å². The molecule has 1 aliphatic rings. The number of benzene rings is 1. The van der Waals surface area contributed by atoms with Crippen LogP contribution in [0.2, 0.25) is 0 Å². The van der Waals surface area contributed by atoms with E-state index in [2.05, 4.69) is 5.32 Å². The molecule has 0 amide bonds. The average molecular weight is 239 g/mol. The van der Waals surface area contributed by atoms with E-state index in [-0.39, 0.29) is 11.4 Å². The molecule has 1 N–H and O–H groups in total. The number of nitrogens with one attached hydrogen (secondary N) is 1. The molecule has 0 spiro atoms. The smallest absolute Gasteiger partial charge is 0.127 e. The summed E-state index contributed by atoms with van der Waals surface area (Å²) in [5.41, 5.74) is 0.434. The van der Waals surface area contributed by atoms with Gasteiger partial charge in [-0.1, -0.05) is 18.2 Å². The summed E-state index contributed by atoms with van der Waals surface area (Å²) in [4.78, 5) is 0. The van der Waals surface area contributed by atoms with Crippen LogP contribution in [0.4, 0.5) is 4.39 Å². The lowest BCUT2D eigenvalue weighted by Gasteiger charge is -2.26. The molecule has 1 aromatic rings. The Hall–Kier alpha value is -0.970. The van der Waals surface area contributed by atoms with Gasteiger partial charge in [0.1, 0.15) is 11.4 Å². The Morgan fingerprint density at radius 2 is 2.29 bits per heavy atom. The third kappa shape index (κ3) is 3.03. The zero-order valence-electron chi connectivity index (χ0n) is 10.0. The van der Waals surface area contributed by atoms with Crippen molar-refractivity contribution in [2.24, 2.45) is 0 Å². The molecule has 1 atom stereocenters. The van der Waals surface area contributed by atoms with Crippen LogP contribution >= 0.6 is 0 Å². The molecule has 0 radical (unpaired) electrons. The predicted octanol–water partition coefficient (Wildman–Crippen LogP) is 1.72. The van der Waals surface area contributed by atoms with Crippen LogP contribution in [0, 0.1) is 5.82 Å². The van der Waals surface area contributed by atoms with Gasteiger partial charge in [-0.2, -0.15) is 0 Å². The van der Waals surface area contributed by atoms with Crippen molar-refractivity contribution in [1.82, 2.24) is 5.32 Å². The number of hydrogen-bond donors (Lipinski definition) is 1. The van der Waals surface area contributed by atoms with Gasteiger partial charge in [0.2, 0.25) is 0 Å². The molecule has 1 heterocycles. The van der Waals surface area contributed by atoms with Crippen molar-refractivity contribution >= 4 is 0 Å². The van der Waals surface area contributed by atoms with E-state index in [0.29, 0.717) is 25.3 Å². The first-order chi connectivity index (χ1) is 8.26. The highest BCUT2D eigenvalue weighted by Gasteiger charge is 2.34. The summed E-state index contributed by atoms with van der Waals surface area (Å²) in [6.45, 7) is 2.53. The van der Waals surface area contributed by atoms with Crippen molar-refractivity contribution in [2.45, 2.75) is 18.6 Å². The van der Waals surface area contributed by atoms with E-state index >= 15 is 0 Å². The van der Waals surface area contributed by atoms with Gasteiger partial charge in [-0.3, -0.25) is 0 Å². The lowest BCUT2D eigenvalue weighted by molar-refractivity contribution is -0.0159. The van der Waals surface area contributed by atoms with E-state index < -0.39 is 0 Å². The van der Waals surface area contributed by atoms with Gasteiger partial charge >= 0.3 is 0 Å². The maximum Gasteiger partial charge on any atom is 0.127 e. The van der Waals surface area contributed by atoms with Crippen molar-refractivity contribution < 1.29 is 13.9 Å². The Kier molecular flexibility index (Phi) is 4.10. The molecule has 1 aromatic carbocycles. The third-order valence-corrected chi connectivity index (χ3v) is 3.22. The average Bonchev–Trinajstić information content (AvgIpc) is 2.81. The van der Waals surface area contributed by atoms with Crippen molar-refractivity contribution in [3.8, 4) is 0 Å². The van der Waals surface area contributed by atoms with Crippen LogP contribution in [-0.4, -0.2) is 32.5 Å². The lowest BCUT2D eigenvalue weighted by atomic mass is 10.0. The minimum Gasteiger partial charge on any atom is -0.378 e. The molecule has 4 heteroatoms. The number of ether oxygens (including phenoxy) is 2. The van der Waals surface area contributed by atoms with Gasteiger partial charge < -0.3 is 14.8 Å². The SMILES string of the molecule is COC1(CNCc2ccccc2F)CCOC1. The molecular weight excluding hydrogens is 221 g/mol. The number of halogens is 1. The molecule has 1 unspecified atom stereocenters. The quantitative estimate of drug-likeness (QED) is 0.848. The van der Waals surface area contributed by atoms with E-state index in [4.69, 9.17) is 9.47 Å². The molecule has 0 aliphatic carbocycles. The Morgan fingerprint density at radius 3 is 2.94 bits per heavy atom. The van der Waals surface area contributed by atoms with Gasteiger partial charge in [0, 0.05) is 38.8 Å². The minimum atomic E-state index is -0.245. The van der Waals surface area contributed by atoms with Crippen molar-refractivity contribution in [3.63, 3.8) is 0 Å². The second-order valence-corrected chi connectivity index (χ2v) is 4.38. The van der Waals surface area contributed by atoms with Gasteiger partial charge in [0.25, 0.3) is 0 Å². The molecule has 1 aliphatic heterocycles. The zero-order valence-corrected chi connectivity index (χ0v) is 10.0. The minimum absolute atomic E-state index is 0.172. The van der Waals surface area contributed by atoms with Crippen molar-refractivity contribution in [1.29, 1.82) is 0 Å². The van der Waals surface area contributed by atoms with Crippen LogP contribution in [0.25, 0.3) is 0 Å². The summed E-state index contributed by atoms with van der Waals surface area (Å²) in [7, 11) is 1.69. The number of hydrogen-bond acceptors (Lipinski definition) is 3. The first kappa shape index (κ1) is 12.5. The number of methoxy groups -OCH3 is 1. The van der Waals surface area contributed by atoms with Crippen LogP contribution < -0.4 is 5.32 Å². The van der Waals surface area contributed by atoms with Crippen molar-refractivity contribution in [3.05, 3.63) is 35.6 Å². The van der Waals surface area contributed by atoms with Gasteiger partial charge in [0.15, 0.2) is 0 Å². The van der Waals surface area contributed by atoms with Gasteiger partial charge in [-0.15, -0.1) is 0 Å². The maximum absolute atomic E-state index is 13.4. The Balaban J connectivity index is 1.85. The normalized spacial score (nSPS) is 24.1. The fraction of sp³-hybridized carbons (Fsp3) is 0.538. The molecule has 1 saturated heterocycles. The molecule has 2 rings (SSSR count). The van der Waals surface area contributed by atoms with Crippen LogP contribution in [-0.2, 0) is 16.0 Å². The fourth-order valence-corrected chi connectivity index (χ4v) is 2.03. The Morgan fingerprint density at radius 1 is 1.47 bits per heavy atom. The van der Waals surface area contributed by atoms with Crippen LogP contribution in [0.15, 0.2) is 24.3 Å². The molecule has 94 valence electrons. The standard InChI is InChI=1S/C13H18FNO2/c1-16-13(6-7-17-10-13)9-15-8-11-4-2-3-5-12(11)14/h2-5,15H,6-10H2,1H3. The summed E-state index contributed by atoms with van der Waals surface area (Å²) in [5, 5.41) is 3.23. The van der Waals surface area contributed by atoms with Gasteiger partial charge in [0.05, 0.1) is 6.61 Å². The van der Waals surface area contributed by atoms with Gasteiger partial charge in [-0.25, -0.2) is 4.39 Å². The van der Waals surface area contributed by atoms with E-state index in [1.54, 1.807) is 19.2 Å². The molecule has 0 saturated carbocycles. The zero-order chi connectivity index (χ0) is 12.1. The first-order valence-corrected chi connectivity index (χ1v) is 5.83. The number of rotatable bonds is 5. The van der Waals surface area contributed by atoms with Crippen LogP contribution in [0.5, 0.6) is 0 Å². The maximum atomic E-state index is 13.4. The molecule has 1 fully saturated rings. The summed E-state index contributed by atoms with van der Waals surface area (Å²) in [5.74, 6) is -0.172. The van der Waals surface area contributed by atoms with Crippen LogP contribution in [0.3, 0.4) is 0 Å². The van der Waals surface area contributed by atoms with Gasteiger partial charge in [-0.05, 0) is 6.07 Å². The highest BCUT2D eigenvalue weighted by Crippen LogP contribution is 2.21. The van der Waals surface area contributed by atoms with Crippen LogP contribution in [0.1, 0.15) is 12.0 Å². The first-order valence-electron chi connectivity index (χ1n) is 5.83. The summed E-state index contributed by atoms with van der Waals surface area (Å²) < 4.78 is 24.2. The lowest BCUT2D eigenvalue weighted by Crippen LogP contribution is -2.42. The second-order valence-electron chi connectivity index (χ2n) is 4.38. The van der Waals surface area contributed by atoms with E-state index in [0.717, 1.165) is 13.0 Å². The topological polar surface area (TPSA) is 30.5 Å². The molecule has 17 heavy (non-hydrogen) atoms. The van der Waals surface area contributed by atoms with E-state index in [9.17, 15) is 4.39 Å². The highest BCUT2D eigenvalue weighted by atomic mass is 19.1. The highest BCUT2D eigenvalue weighted by molar-refractivity contribution is 5.17. The summed E-state index contributed by atoms with van der Waals surface area (Å²) in [6.07, 6.45) is 0.883. The molecular formula is C13H18FNO2. The summed E-state index contributed by atoms with van der Waals surface area (Å²) >= 11 is 0. The van der Waals surface area contributed by atoms with E-state index in [1.165, 1.54) is 6.07 Å².